The van der Waals surface area contributed by atoms with E-state index in [0.717, 1.165) is 30.0 Å². The Morgan fingerprint density at radius 2 is 2.00 bits per heavy atom. The van der Waals surface area contributed by atoms with Gasteiger partial charge in [-0.3, -0.25) is 9.48 Å². The maximum Gasteiger partial charge on any atom is 0.225 e. The van der Waals surface area contributed by atoms with Gasteiger partial charge in [0.1, 0.15) is 0 Å². The van der Waals surface area contributed by atoms with Gasteiger partial charge in [0.15, 0.2) is 0 Å². The van der Waals surface area contributed by atoms with Crippen LogP contribution in [0, 0.1) is 5.92 Å². The van der Waals surface area contributed by atoms with E-state index in [-0.39, 0.29) is 23.2 Å². The first kappa shape index (κ1) is 19.9. The standard InChI is InChI=1S/C21H29ClN4O/c1-4-21(5-2,16-6-8-17(22)9-7-16)14-24-20(27)19-12-23-11-18(19)15-10-25-26(3)13-15/h6-10,13,18-19,23H,4-5,11-12,14H2,1-3H3,(H,24,27)/t18-,19+/m1/s1. The molecule has 0 aliphatic carbocycles. The zero-order valence-electron chi connectivity index (χ0n) is 16.3. The molecular formula is C21H29ClN4O. The highest BCUT2D eigenvalue weighted by Gasteiger charge is 2.36. The average molecular weight is 389 g/mol. The van der Waals surface area contributed by atoms with Crippen LogP contribution in [-0.2, 0) is 17.3 Å². The minimum Gasteiger partial charge on any atom is -0.355 e. The zero-order valence-corrected chi connectivity index (χ0v) is 17.1. The fraction of sp³-hybridized carbons (Fsp3) is 0.524. The molecule has 2 heterocycles. The number of carbonyl (C=O) groups is 1. The van der Waals surface area contributed by atoms with Gasteiger partial charge in [-0.05, 0) is 36.1 Å². The molecule has 146 valence electrons. The van der Waals surface area contributed by atoms with Crippen molar-refractivity contribution in [2.24, 2.45) is 13.0 Å². The largest absolute Gasteiger partial charge is 0.355 e. The van der Waals surface area contributed by atoms with Gasteiger partial charge in [-0.1, -0.05) is 37.6 Å². The highest BCUT2D eigenvalue weighted by molar-refractivity contribution is 6.30. The number of amides is 1. The normalized spacial score (nSPS) is 20.0. The molecule has 2 N–H and O–H groups in total. The molecule has 1 aliphatic rings. The number of hydrogen-bond donors (Lipinski definition) is 2. The molecule has 1 aliphatic heterocycles. The second-order valence-corrected chi connectivity index (χ2v) is 7.97. The molecule has 5 nitrogen and oxygen atoms in total. The molecule has 1 amide bonds. The number of nitrogens with zero attached hydrogens (tertiary/aromatic N) is 2. The smallest absolute Gasteiger partial charge is 0.225 e. The van der Waals surface area contributed by atoms with E-state index >= 15 is 0 Å². The van der Waals surface area contributed by atoms with Crippen LogP contribution in [-0.4, -0.2) is 35.3 Å². The van der Waals surface area contributed by atoms with Crippen LogP contribution in [0.5, 0.6) is 0 Å². The summed E-state index contributed by atoms with van der Waals surface area (Å²) in [5.41, 5.74) is 2.28. The van der Waals surface area contributed by atoms with E-state index in [1.54, 1.807) is 4.68 Å². The van der Waals surface area contributed by atoms with Gasteiger partial charge in [0, 0.05) is 49.2 Å². The number of carbonyl (C=O) groups excluding carboxylic acids is 1. The maximum atomic E-state index is 13.0. The molecule has 0 spiro atoms. The van der Waals surface area contributed by atoms with Crippen LogP contribution in [0.25, 0.3) is 0 Å². The summed E-state index contributed by atoms with van der Waals surface area (Å²) >= 11 is 6.05. The number of nitrogens with one attached hydrogen (secondary N) is 2. The third-order valence-corrected chi connectivity index (χ3v) is 6.37. The Morgan fingerprint density at radius 1 is 1.30 bits per heavy atom. The number of halogens is 1. The SMILES string of the molecule is CCC(CC)(CNC(=O)[C@H]1CNC[C@@H]1c1cnn(C)c1)c1ccc(Cl)cc1. The predicted octanol–water partition coefficient (Wildman–Crippen LogP) is 3.25. The molecule has 27 heavy (non-hydrogen) atoms. The Bertz CT molecular complexity index is 767. The molecule has 0 radical (unpaired) electrons. The molecule has 0 saturated carbocycles. The molecule has 3 rings (SSSR count). The van der Waals surface area contributed by atoms with Crippen LogP contribution >= 0.6 is 11.6 Å². The van der Waals surface area contributed by atoms with E-state index in [0.29, 0.717) is 13.1 Å². The molecule has 1 aromatic heterocycles. The van der Waals surface area contributed by atoms with Crippen molar-refractivity contribution in [2.45, 2.75) is 38.0 Å². The van der Waals surface area contributed by atoms with Crippen LogP contribution in [0.2, 0.25) is 5.02 Å². The molecule has 6 heteroatoms. The van der Waals surface area contributed by atoms with E-state index in [9.17, 15) is 4.79 Å². The van der Waals surface area contributed by atoms with Crippen LogP contribution in [0.4, 0.5) is 0 Å². The van der Waals surface area contributed by atoms with Crippen molar-refractivity contribution in [3.05, 3.63) is 52.8 Å². The van der Waals surface area contributed by atoms with E-state index in [1.807, 2.05) is 31.6 Å². The first-order chi connectivity index (χ1) is 13.0. The summed E-state index contributed by atoms with van der Waals surface area (Å²) in [6, 6.07) is 8.02. The Kier molecular flexibility index (Phi) is 6.22. The lowest BCUT2D eigenvalue weighted by Crippen LogP contribution is -2.43. The van der Waals surface area contributed by atoms with Gasteiger partial charge in [0.2, 0.25) is 5.91 Å². The van der Waals surface area contributed by atoms with Gasteiger partial charge in [-0.15, -0.1) is 0 Å². The topological polar surface area (TPSA) is 59.0 Å². The molecule has 0 unspecified atom stereocenters. The number of aryl methyl sites for hydroxylation is 1. The van der Waals surface area contributed by atoms with Gasteiger partial charge in [0.05, 0.1) is 12.1 Å². The van der Waals surface area contributed by atoms with E-state index in [2.05, 4.69) is 41.7 Å². The van der Waals surface area contributed by atoms with Crippen LogP contribution in [0.15, 0.2) is 36.7 Å². The average Bonchev–Trinajstić information content (AvgIpc) is 3.32. The molecule has 1 fully saturated rings. The highest BCUT2D eigenvalue weighted by atomic mass is 35.5. The predicted molar refractivity (Wildman–Crippen MR) is 109 cm³/mol. The summed E-state index contributed by atoms with van der Waals surface area (Å²) in [6.45, 7) is 6.52. The van der Waals surface area contributed by atoms with Crippen LogP contribution < -0.4 is 10.6 Å². The second-order valence-electron chi connectivity index (χ2n) is 7.53. The summed E-state index contributed by atoms with van der Waals surface area (Å²) in [4.78, 5) is 13.0. The fourth-order valence-corrected chi connectivity index (χ4v) is 4.26. The number of rotatable bonds is 7. The first-order valence-corrected chi connectivity index (χ1v) is 10.1. The van der Waals surface area contributed by atoms with Crippen LogP contribution in [0.1, 0.15) is 43.7 Å². The molecule has 1 aromatic carbocycles. The monoisotopic (exact) mass is 388 g/mol. The van der Waals surface area contributed by atoms with E-state index in [1.165, 1.54) is 5.56 Å². The molecule has 0 bridgehead atoms. The lowest BCUT2D eigenvalue weighted by atomic mass is 9.75. The molecular weight excluding hydrogens is 360 g/mol. The fourth-order valence-electron chi connectivity index (χ4n) is 4.14. The highest BCUT2D eigenvalue weighted by Crippen LogP contribution is 2.33. The maximum absolute atomic E-state index is 13.0. The molecule has 2 atom stereocenters. The van der Waals surface area contributed by atoms with E-state index < -0.39 is 0 Å². The number of hydrogen-bond acceptors (Lipinski definition) is 3. The summed E-state index contributed by atoms with van der Waals surface area (Å²) in [7, 11) is 1.91. The lowest BCUT2D eigenvalue weighted by molar-refractivity contribution is -0.125. The van der Waals surface area contributed by atoms with Crippen molar-refractivity contribution in [2.75, 3.05) is 19.6 Å². The van der Waals surface area contributed by atoms with Gasteiger partial charge in [-0.25, -0.2) is 0 Å². The minimum absolute atomic E-state index is 0.0640. The third kappa shape index (κ3) is 4.19. The van der Waals surface area contributed by atoms with Crippen molar-refractivity contribution in [1.29, 1.82) is 0 Å². The summed E-state index contributed by atoms with van der Waals surface area (Å²) in [5, 5.41) is 11.6. The zero-order chi connectivity index (χ0) is 19.4. The van der Waals surface area contributed by atoms with Gasteiger partial charge >= 0.3 is 0 Å². The van der Waals surface area contributed by atoms with Crippen molar-refractivity contribution in [3.63, 3.8) is 0 Å². The third-order valence-electron chi connectivity index (χ3n) is 6.12. The quantitative estimate of drug-likeness (QED) is 0.765. The van der Waals surface area contributed by atoms with Crippen LogP contribution in [0.3, 0.4) is 0 Å². The Morgan fingerprint density at radius 3 is 2.59 bits per heavy atom. The van der Waals surface area contributed by atoms with Gasteiger partial charge in [-0.2, -0.15) is 5.10 Å². The summed E-state index contributed by atoms with van der Waals surface area (Å²) < 4.78 is 1.79. The Hall–Kier alpha value is -1.85. The first-order valence-electron chi connectivity index (χ1n) is 9.72. The van der Waals surface area contributed by atoms with Crippen molar-refractivity contribution in [3.8, 4) is 0 Å². The Balaban J connectivity index is 1.71. The number of benzene rings is 1. The summed E-state index contributed by atoms with van der Waals surface area (Å²) in [5.74, 6) is 0.229. The Labute approximate surface area is 166 Å². The molecule has 2 aromatic rings. The van der Waals surface area contributed by atoms with Crippen molar-refractivity contribution in [1.82, 2.24) is 20.4 Å². The van der Waals surface area contributed by atoms with Gasteiger partial charge < -0.3 is 10.6 Å². The minimum atomic E-state index is -0.0733. The number of aromatic nitrogens is 2. The summed E-state index contributed by atoms with van der Waals surface area (Å²) in [6.07, 6.45) is 5.79. The van der Waals surface area contributed by atoms with Crippen molar-refractivity contribution >= 4 is 17.5 Å². The van der Waals surface area contributed by atoms with Crippen molar-refractivity contribution < 1.29 is 4.79 Å². The lowest BCUT2D eigenvalue weighted by Gasteiger charge is -2.33. The van der Waals surface area contributed by atoms with Gasteiger partial charge in [0.25, 0.3) is 0 Å². The van der Waals surface area contributed by atoms with E-state index in [4.69, 9.17) is 11.6 Å². The second kappa shape index (κ2) is 8.44. The molecule has 1 saturated heterocycles.